The second-order valence-corrected chi connectivity index (χ2v) is 8.79. The smallest absolute Gasteiger partial charge is 0.295 e. The second kappa shape index (κ2) is 11.5. The van der Waals surface area contributed by atoms with Crippen molar-refractivity contribution in [2.24, 2.45) is 0 Å². The molecule has 2 N–H and O–H groups in total. The standard InChI is InChI=1S/C27H32N2O8/c1-34-17-6-8-22(36-3)20(15-17)24-23(25(31)19-7-5-18(35-2)16-21(19)30)26(32)27(33)29(24)10-4-9-28-11-13-37-14-12-28/h5-8,15-16,24,30-31H,4,9-14H2,1-3H3/b25-23+. The molecule has 0 aliphatic carbocycles. The number of carbonyl (C=O) groups excluding carboxylic acids is 2. The Kier molecular flexibility index (Phi) is 8.20. The number of amides is 1. The van der Waals surface area contributed by atoms with E-state index >= 15 is 0 Å². The van der Waals surface area contributed by atoms with Crippen LogP contribution >= 0.6 is 0 Å². The molecule has 37 heavy (non-hydrogen) atoms. The largest absolute Gasteiger partial charge is 0.507 e. The predicted octanol–water partition coefficient (Wildman–Crippen LogP) is 2.56. The van der Waals surface area contributed by atoms with Gasteiger partial charge < -0.3 is 34.1 Å². The number of likely N-dealkylation sites (tertiary alicyclic amines) is 1. The number of Topliss-reactive ketones (excluding diaryl/α,β-unsaturated/α-hetero) is 1. The van der Waals surface area contributed by atoms with E-state index in [0.717, 1.165) is 19.6 Å². The first kappa shape index (κ1) is 26.3. The molecule has 2 aromatic rings. The zero-order valence-corrected chi connectivity index (χ0v) is 21.2. The maximum absolute atomic E-state index is 13.4. The van der Waals surface area contributed by atoms with E-state index in [9.17, 15) is 19.8 Å². The SMILES string of the molecule is COc1ccc(/C(O)=C2\C(=O)C(=O)N(CCCN3CCOCC3)C2c2cc(OC)ccc2OC)c(O)c1. The zero-order chi connectivity index (χ0) is 26.5. The second-order valence-electron chi connectivity index (χ2n) is 8.79. The Labute approximate surface area is 215 Å². The van der Waals surface area contributed by atoms with Crippen LogP contribution in [0.15, 0.2) is 42.0 Å². The van der Waals surface area contributed by atoms with Crippen molar-refractivity contribution in [2.75, 3.05) is 60.7 Å². The zero-order valence-electron chi connectivity index (χ0n) is 21.2. The number of rotatable bonds is 9. The van der Waals surface area contributed by atoms with Crippen LogP contribution < -0.4 is 14.2 Å². The number of phenolic OH excluding ortho intramolecular Hbond substituents is 1. The average Bonchev–Trinajstić information content (AvgIpc) is 3.17. The summed E-state index contributed by atoms with van der Waals surface area (Å²) in [6, 6.07) is 8.45. The molecule has 2 saturated heterocycles. The van der Waals surface area contributed by atoms with Crippen LogP contribution in [0.1, 0.15) is 23.6 Å². The topological polar surface area (TPSA) is 118 Å². The summed E-state index contributed by atoms with van der Waals surface area (Å²) in [7, 11) is 4.46. The van der Waals surface area contributed by atoms with Crippen molar-refractivity contribution in [3.05, 3.63) is 53.1 Å². The van der Waals surface area contributed by atoms with Gasteiger partial charge in [-0.2, -0.15) is 0 Å². The first-order valence-electron chi connectivity index (χ1n) is 12.1. The Morgan fingerprint density at radius 3 is 2.30 bits per heavy atom. The van der Waals surface area contributed by atoms with Crippen LogP contribution in [0, 0.1) is 0 Å². The number of methoxy groups -OCH3 is 3. The van der Waals surface area contributed by atoms with Gasteiger partial charge in [0.25, 0.3) is 11.7 Å². The van der Waals surface area contributed by atoms with E-state index in [1.165, 1.54) is 38.4 Å². The van der Waals surface area contributed by atoms with Crippen molar-refractivity contribution in [1.82, 2.24) is 9.80 Å². The Hall–Kier alpha value is -3.76. The molecule has 0 radical (unpaired) electrons. The number of ether oxygens (including phenoxy) is 4. The number of aromatic hydroxyl groups is 1. The van der Waals surface area contributed by atoms with Crippen molar-refractivity contribution in [3.63, 3.8) is 0 Å². The number of aliphatic hydroxyl groups excluding tert-OH is 1. The minimum Gasteiger partial charge on any atom is -0.507 e. The van der Waals surface area contributed by atoms with Gasteiger partial charge in [-0.05, 0) is 36.8 Å². The lowest BCUT2D eigenvalue weighted by molar-refractivity contribution is -0.140. The summed E-state index contributed by atoms with van der Waals surface area (Å²) in [4.78, 5) is 30.4. The molecule has 0 saturated carbocycles. The van der Waals surface area contributed by atoms with E-state index in [1.54, 1.807) is 24.3 Å². The van der Waals surface area contributed by atoms with E-state index in [-0.39, 0.29) is 23.4 Å². The lowest BCUT2D eigenvalue weighted by Gasteiger charge is -2.29. The third-order valence-corrected chi connectivity index (χ3v) is 6.71. The number of morpholine rings is 1. The summed E-state index contributed by atoms with van der Waals surface area (Å²) >= 11 is 0. The van der Waals surface area contributed by atoms with Crippen molar-refractivity contribution >= 4 is 17.4 Å². The average molecular weight is 513 g/mol. The first-order valence-corrected chi connectivity index (χ1v) is 12.1. The molecule has 2 fully saturated rings. The van der Waals surface area contributed by atoms with Crippen LogP contribution in [-0.2, 0) is 14.3 Å². The van der Waals surface area contributed by atoms with Gasteiger partial charge in [-0.25, -0.2) is 0 Å². The van der Waals surface area contributed by atoms with Gasteiger partial charge in [-0.3, -0.25) is 14.5 Å². The summed E-state index contributed by atoms with van der Waals surface area (Å²) in [5.74, 6) is -1.03. The van der Waals surface area contributed by atoms with Gasteiger partial charge in [-0.1, -0.05) is 0 Å². The van der Waals surface area contributed by atoms with Gasteiger partial charge in [0.1, 0.15) is 28.8 Å². The quantitative estimate of drug-likeness (QED) is 0.297. The number of aliphatic hydroxyl groups is 1. The van der Waals surface area contributed by atoms with Crippen molar-refractivity contribution in [3.8, 4) is 23.0 Å². The van der Waals surface area contributed by atoms with E-state index in [1.807, 2.05) is 0 Å². The van der Waals surface area contributed by atoms with E-state index in [4.69, 9.17) is 18.9 Å². The highest BCUT2D eigenvalue weighted by Gasteiger charge is 2.47. The molecule has 1 amide bonds. The molecule has 10 heteroatoms. The molecule has 198 valence electrons. The summed E-state index contributed by atoms with van der Waals surface area (Å²) in [6.45, 7) is 3.95. The third-order valence-electron chi connectivity index (χ3n) is 6.71. The number of hydrogen-bond donors (Lipinski definition) is 2. The molecule has 1 unspecified atom stereocenters. The summed E-state index contributed by atoms with van der Waals surface area (Å²) < 4.78 is 21.5. The Balaban J connectivity index is 1.78. The van der Waals surface area contributed by atoms with E-state index in [2.05, 4.69) is 4.90 Å². The number of nitrogens with zero attached hydrogens (tertiary/aromatic N) is 2. The summed E-state index contributed by atoms with van der Waals surface area (Å²) in [5, 5.41) is 21.9. The van der Waals surface area contributed by atoms with Gasteiger partial charge in [0.2, 0.25) is 0 Å². The molecule has 2 heterocycles. The molecule has 0 aromatic heterocycles. The molecular formula is C27H32N2O8. The molecule has 10 nitrogen and oxygen atoms in total. The minimum absolute atomic E-state index is 0.0129. The van der Waals surface area contributed by atoms with Gasteiger partial charge >= 0.3 is 0 Å². The predicted molar refractivity (Wildman–Crippen MR) is 135 cm³/mol. The van der Waals surface area contributed by atoms with Crippen molar-refractivity contribution in [2.45, 2.75) is 12.5 Å². The summed E-state index contributed by atoms with van der Waals surface area (Å²) in [5.41, 5.74) is 0.365. The van der Waals surface area contributed by atoms with Crippen LogP contribution in [0.2, 0.25) is 0 Å². The number of hydrogen-bond acceptors (Lipinski definition) is 9. The van der Waals surface area contributed by atoms with Crippen LogP contribution in [0.3, 0.4) is 0 Å². The van der Waals surface area contributed by atoms with Crippen LogP contribution in [0.4, 0.5) is 0 Å². The molecule has 0 bridgehead atoms. The molecular weight excluding hydrogens is 480 g/mol. The van der Waals surface area contributed by atoms with E-state index < -0.39 is 23.5 Å². The summed E-state index contributed by atoms with van der Waals surface area (Å²) in [6.07, 6.45) is 0.615. The number of benzene rings is 2. The molecule has 0 spiro atoms. The van der Waals surface area contributed by atoms with Gasteiger partial charge in [0.15, 0.2) is 0 Å². The highest BCUT2D eigenvalue weighted by Crippen LogP contribution is 2.45. The third kappa shape index (κ3) is 5.35. The fourth-order valence-corrected chi connectivity index (χ4v) is 4.76. The first-order chi connectivity index (χ1) is 17.9. The molecule has 2 aromatic carbocycles. The lowest BCUT2D eigenvalue weighted by atomic mass is 9.94. The van der Waals surface area contributed by atoms with Gasteiger partial charge in [0, 0.05) is 37.8 Å². The normalized spacial score (nSPS) is 19.8. The molecule has 4 rings (SSSR count). The van der Waals surface area contributed by atoms with Crippen molar-refractivity contribution < 1.29 is 38.7 Å². The maximum Gasteiger partial charge on any atom is 0.295 e. The Bertz CT molecular complexity index is 1190. The van der Waals surface area contributed by atoms with Gasteiger partial charge in [-0.15, -0.1) is 0 Å². The van der Waals surface area contributed by atoms with Crippen LogP contribution in [0.5, 0.6) is 23.0 Å². The maximum atomic E-state index is 13.4. The van der Waals surface area contributed by atoms with Gasteiger partial charge in [0.05, 0.1) is 51.7 Å². The number of carbonyl (C=O) groups is 2. The Morgan fingerprint density at radius 2 is 1.65 bits per heavy atom. The molecule has 1 atom stereocenters. The highest BCUT2D eigenvalue weighted by atomic mass is 16.5. The van der Waals surface area contributed by atoms with Crippen LogP contribution in [0.25, 0.3) is 5.76 Å². The minimum atomic E-state index is -0.948. The number of phenols is 1. The fourth-order valence-electron chi connectivity index (χ4n) is 4.76. The number of ketones is 1. The lowest BCUT2D eigenvalue weighted by Crippen LogP contribution is -2.39. The Morgan fingerprint density at radius 1 is 0.973 bits per heavy atom. The fraction of sp³-hybridized carbons (Fsp3) is 0.407. The van der Waals surface area contributed by atoms with Crippen LogP contribution in [-0.4, -0.2) is 92.4 Å². The highest BCUT2D eigenvalue weighted by molar-refractivity contribution is 6.46. The molecule has 2 aliphatic heterocycles. The monoisotopic (exact) mass is 512 g/mol. The van der Waals surface area contributed by atoms with E-state index in [0.29, 0.717) is 42.4 Å². The molecule has 2 aliphatic rings. The van der Waals surface area contributed by atoms with Crippen molar-refractivity contribution in [1.29, 1.82) is 0 Å².